The number of rotatable bonds is 8. The second-order valence-corrected chi connectivity index (χ2v) is 10.3. The first-order valence-electron chi connectivity index (χ1n) is 13.4. The summed E-state index contributed by atoms with van der Waals surface area (Å²) in [6.07, 6.45) is 5.03. The Labute approximate surface area is 219 Å². The minimum atomic E-state index is -1.55. The molecule has 0 bridgehead atoms. The Morgan fingerprint density at radius 2 is 1.76 bits per heavy atom. The fourth-order valence-electron chi connectivity index (χ4n) is 5.77. The van der Waals surface area contributed by atoms with Crippen molar-refractivity contribution < 1.29 is 28.2 Å². The zero-order valence-corrected chi connectivity index (χ0v) is 21.5. The molecule has 9 nitrogen and oxygen atoms in total. The number of likely N-dealkylation sites (tertiary alicyclic amines) is 1. The van der Waals surface area contributed by atoms with Crippen molar-refractivity contribution in [3.8, 4) is 0 Å². The van der Waals surface area contributed by atoms with Gasteiger partial charge in [-0.3, -0.25) is 9.59 Å². The molecule has 2 aliphatic heterocycles. The first-order chi connectivity index (χ1) is 18.3. The van der Waals surface area contributed by atoms with Crippen LogP contribution in [0.1, 0.15) is 72.6 Å². The smallest absolute Gasteiger partial charge is 0.409 e. The van der Waals surface area contributed by atoms with Gasteiger partial charge in [0.25, 0.3) is 11.3 Å². The first kappa shape index (κ1) is 26.2. The number of fused-ring (bicyclic) bond motifs is 2. The van der Waals surface area contributed by atoms with Gasteiger partial charge in [0.05, 0.1) is 17.8 Å². The molecule has 0 radical (unpaired) electrons. The van der Waals surface area contributed by atoms with Gasteiger partial charge in [0.2, 0.25) is 0 Å². The van der Waals surface area contributed by atoms with Gasteiger partial charge in [0.15, 0.2) is 5.78 Å². The van der Waals surface area contributed by atoms with E-state index in [4.69, 9.17) is 9.47 Å². The van der Waals surface area contributed by atoms with E-state index < -0.39 is 17.7 Å². The fraction of sp³-hybridized carbons (Fsp3) is 0.536. The lowest BCUT2D eigenvalue weighted by atomic mass is 9.86. The summed E-state index contributed by atoms with van der Waals surface area (Å²) < 4.78 is 25.5. The van der Waals surface area contributed by atoms with Gasteiger partial charge in [-0.25, -0.2) is 18.7 Å². The number of halogens is 1. The van der Waals surface area contributed by atoms with Gasteiger partial charge >= 0.3 is 11.9 Å². The van der Waals surface area contributed by atoms with Gasteiger partial charge in [0.1, 0.15) is 5.82 Å². The summed E-state index contributed by atoms with van der Waals surface area (Å²) >= 11 is 0. The van der Waals surface area contributed by atoms with Crippen molar-refractivity contribution in [1.29, 1.82) is 0 Å². The molecule has 1 spiro atoms. The van der Waals surface area contributed by atoms with Crippen molar-refractivity contribution in [2.45, 2.75) is 70.6 Å². The second kappa shape index (κ2) is 10.8. The summed E-state index contributed by atoms with van der Waals surface area (Å²) in [4.78, 5) is 52.4. The third-order valence-corrected chi connectivity index (χ3v) is 7.80. The number of aromatic nitrogens is 2. The molecule has 0 saturated carbocycles. The van der Waals surface area contributed by atoms with E-state index in [1.807, 2.05) is 6.92 Å². The number of carbonyl (C=O) groups excluding carboxylic acids is 3. The lowest BCUT2D eigenvalue weighted by Crippen LogP contribution is -2.42. The molecule has 0 unspecified atom stereocenters. The van der Waals surface area contributed by atoms with Crippen molar-refractivity contribution in [2.75, 3.05) is 19.6 Å². The lowest BCUT2D eigenvalue weighted by Gasteiger charge is -2.34. The van der Waals surface area contributed by atoms with Crippen LogP contribution in [0.3, 0.4) is 0 Å². The Balaban J connectivity index is 1.30. The Morgan fingerprint density at radius 1 is 1.08 bits per heavy atom. The normalized spacial score (nSPS) is 19.3. The molecule has 2 fully saturated rings. The maximum Gasteiger partial charge on any atom is 0.421 e. The minimum absolute atomic E-state index is 0.0417. The number of unbranched alkanes of at least 4 members (excludes halogenated alkanes) is 1. The molecule has 1 aliphatic carbocycles. The third kappa shape index (κ3) is 5.01. The fourth-order valence-corrected chi connectivity index (χ4v) is 5.77. The van der Waals surface area contributed by atoms with Crippen LogP contribution in [-0.4, -0.2) is 52.0 Å². The predicted molar refractivity (Wildman–Crippen MR) is 134 cm³/mol. The van der Waals surface area contributed by atoms with Gasteiger partial charge in [-0.15, -0.1) is 0 Å². The van der Waals surface area contributed by atoms with Crippen LogP contribution in [0.25, 0.3) is 0 Å². The molecule has 3 aliphatic rings. The van der Waals surface area contributed by atoms with Crippen molar-refractivity contribution >= 4 is 17.7 Å². The number of benzene rings is 1. The van der Waals surface area contributed by atoms with Crippen LogP contribution in [-0.2, 0) is 44.2 Å². The number of ether oxygens (including phenoxy) is 2. The number of carbonyl (C=O) groups is 3. The summed E-state index contributed by atoms with van der Waals surface area (Å²) in [6, 6.07) is 5.68. The number of hydrogen-bond acceptors (Lipinski definition) is 8. The molecule has 38 heavy (non-hydrogen) atoms. The number of nitrogens with zero attached hydrogens (tertiary/aromatic N) is 3. The van der Waals surface area contributed by atoms with Crippen LogP contribution >= 0.6 is 0 Å². The molecular weight excluding hydrogens is 493 g/mol. The second-order valence-electron chi connectivity index (χ2n) is 10.3. The third-order valence-electron chi connectivity index (χ3n) is 7.80. The van der Waals surface area contributed by atoms with Crippen LogP contribution in [0.5, 0.6) is 0 Å². The SMILES string of the molecule is CCCCc1c2c(nn(CCN3CCC(C(=O)c4ccc(F)cc4)CC3)c1=O)CCCC21OC(=O)C(=O)O1. The summed E-state index contributed by atoms with van der Waals surface area (Å²) in [5.41, 5.74) is 1.87. The molecule has 0 amide bonds. The van der Waals surface area contributed by atoms with E-state index in [0.717, 1.165) is 25.9 Å². The van der Waals surface area contributed by atoms with E-state index in [0.29, 0.717) is 74.0 Å². The monoisotopic (exact) mass is 525 g/mol. The standard InChI is InChI=1S/C28H32FN3O6/c1-2-3-5-21-23-22(6-4-13-28(23)37-26(35)27(36)38-28)30-32(25(21)34)17-16-31-14-11-19(12-15-31)24(33)18-7-9-20(29)10-8-18/h7-10,19H,2-6,11-17H2,1H3. The largest absolute Gasteiger partial charge is 0.421 e. The molecule has 5 rings (SSSR count). The van der Waals surface area contributed by atoms with Gasteiger partial charge in [0, 0.05) is 30.0 Å². The Kier molecular flexibility index (Phi) is 7.43. The highest BCUT2D eigenvalue weighted by Gasteiger charge is 2.54. The molecule has 0 N–H and O–H groups in total. The molecular formula is C28H32FN3O6. The van der Waals surface area contributed by atoms with Gasteiger partial charge in [-0.1, -0.05) is 13.3 Å². The minimum Gasteiger partial charge on any atom is -0.409 e. The topological polar surface area (TPSA) is 108 Å². The zero-order valence-electron chi connectivity index (χ0n) is 21.5. The van der Waals surface area contributed by atoms with Crippen LogP contribution in [0.15, 0.2) is 29.1 Å². The zero-order chi connectivity index (χ0) is 26.9. The Bertz CT molecular complexity index is 1280. The number of piperidine rings is 1. The van der Waals surface area contributed by atoms with Crippen molar-refractivity contribution in [3.05, 3.63) is 62.8 Å². The van der Waals surface area contributed by atoms with Gasteiger partial charge in [-0.2, -0.15) is 5.10 Å². The molecule has 1 aromatic carbocycles. The van der Waals surface area contributed by atoms with Crippen molar-refractivity contribution in [3.63, 3.8) is 0 Å². The Morgan fingerprint density at radius 3 is 2.42 bits per heavy atom. The van der Waals surface area contributed by atoms with Gasteiger partial charge in [-0.05, 0) is 75.9 Å². The number of ketones is 1. The van der Waals surface area contributed by atoms with Crippen molar-refractivity contribution in [1.82, 2.24) is 14.7 Å². The molecule has 3 heterocycles. The van der Waals surface area contributed by atoms with Gasteiger partial charge < -0.3 is 14.4 Å². The summed E-state index contributed by atoms with van der Waals surface area (Å²) in [5.74, 6) is -4.04. The Hall–Kier alpha value is -3.40. The lowest BCUT2D eigenvalue weighted by molar-refractivity contribution is -0.190. The van der Waals surface area contributed by atoms with Crippen LogP contribution in [0, 0.1) is 11.7 Å². The number of hydrogen-bond donors (Lipinski definition) is 0. The molecule has 0 atom stereocenters. The maximum atomic E-state index is 13.6. The molecule has 202 valence electrons. The highest BCUT2D eigenvalue weighted by molar-refractivity contribution is 6.31. The average molecular weight is 526 g/mol. The first-order valence-corrected chi connectivity index (χ1v) is 13.4. The highest BCUT2D eigenvalue weighted by atomic mass is 19.1. The molecule has 1 aromatic heterocycles. The van der Waals surface area contributed by atoms with E-state index in [2.05, 4.69) is 10.00 Å². The number of esters is 2. The molecule has 10 heteroatoms. The van der Waals surface area contributed by atoms with Crippen LogP contribution < -0.4 is 5.56 Å². The summed E-state index contributed by atoms with van der Waals surface area (Å²) in [5, 5.41) is 4.64. The van der Waals surface area contributed by atoms with Crippen LogP contribution in [0.2, 0.25) is 0 Å². The maximum absolute atomic E-state index is 13.6. The quantitative estimate of drug-likeness (QED) is 0.294. The molecule has 2 saturated heterocycles. The van der Waals surface area contributed by atoms with E-state index in [9.17, 15) is 23.6 Å². The highest BCUT2D eigenvalue weighted by Crippen LogP contribution is 2.43. The van der Waals surface area contributed by atoms with Crippen LogP contribution in [0.4, 0.5) is 4.39 Å². The summed E-state index contributed by atoms with van der Waals surface area (Å²) in [6.45, 7) is 4.45. The van der Waals surface area contributed by atoms with E-state index >= 15 is 0 Å². The number of Topliss-reactive ketones (excluding diaryl/α,β-unsaturated/α-hetero) is 1. The molecule has 2 aromatic rings. The predicted octanol–water partition coefficient (Wildman–Crippen LogP) is 2.91. The van der Waals surface area contributed by atoms with E-state index in [1.165, 1.54) is 28.9 Å². The van der Waals surface area contributed by atoms with Crippen molar-refractivity contribution in [2.24, 2.45) is 5.92 Å². The van der Waals surface area contributed by atoms with E-state index in [1.54, 1.807) is 0 Å². The average Bonchev–Trinajstić information content (AvgIpc) is 3.20. The van der Waals surface area contributed by atoms with E-state index in [-0.39, 0.29) is 23.1 Å². The summed E-state index contributed by atoms with van der Waals surface area (Å²) in [7, 11) is 0. The number of aryl methyl sites for hydroxylation is 1.